The topological polar surface area (TPSA) is 42.4 Å². The van der Waals surface area contributed by atoms with Crippen LogP contribution < -0.4 is 4.74 Å². The molecule has 82 valence electrons. The maximum Gasteiger partial charge on any atom is 0.212 e. The van der Waals surface area contributed by atoms with Crippen molar-refractivity contribution in [2.75, 3.05) is 7.11 Å². The summed E-state index contributed by atoms with van der Waals surface area (Å²) in [5.74, 6) is 0.622. The van der Waals surface area contributed by atoms with Gasteiger partial charge in [-0.3, -0.25) is 0 Å². The summed E-state index contributed by atoms with van der Waals surface area (Å²) < 4.78 is 4.97. The minimum atomic E-state index is 0.0648. The van der Waals surface area contributed by atoms with E-state index in [4.69, 9.17) is 16.3 Å². The lowest BCUT2D eigenvalue weighted by Gasteiger charge is -2.04. The molecule has 0 radical (unpaired) electrons. The van der Waals surface area contributed by atoms with Gasteiger partial charge in [-0.25, -0.2) is 4.98 Å². The van der Waals surface area contributed by atoms with Crippen LogP contribution in [0.25, 0.3) is 11.1 Å². The van der Waals surface area contributed by atoms with Gasteiger partial charge >= 0.3 is 0 Å². The Balaban J connectivity index is 2.38. The molecule has 1 N–H and O–H groups in total. The molecule has 16 heavy (non-hydrogen) atoms. The Bertz CT molecular complexity index is 497. The van der Waals surface area contributed by atoms with E-state index in [1.54, 1.807) is 31.5 Å². The largest absolute Gasteiger partial charge is 0.506 e. The molecule has 0 aliphatic rings. The summed E-state index contributed by atoms with van der Waals surface area (Å²) >= 11 is 5.73. The molecule has 1 heterocycles. The van der Waals surface area contributed by atoms with Crippen molar-refractivity contribution < 1.29 is 9.84 Å². The molecule has 0 saturated carbocycles. The molecule has 0 aliphatic heterocycles. The second kappa shape index (κ2) is 4.41. The van der Waals surface area contributed by atoms with Crippen molar-refractivity contribution in [3.05, 3.63) is 41.6 Å². The number of aromatic nitrogens is 1. The highest BCUT2D eigenvalue weighted by atomic mass is 35.5. The molecule has 0 aliphatic carbocycles. The SMILES string of the molecule is COc1ccc(-c2ccc(Cl)c(O)c2)cn1. The number of benzene rings is 1. The van der Waals surface area contributed by atoms with Gasteiger partial charge in [-0.05, 0) is 23.8 Å². The van der Waals surface area contributed by atoms with Crippen LogP contribution in [0.4, 0.5) is 0 Å². The van der Waals surface area contributed by atoms with Crippen LogP contribution in [0.5, 0.6) is 11.6 Å². The Morgan fingerprint density at radius 3 is 2.50 bits per heavy atom. The first kappa shape index (κ1) is 10.8. The summed E-state index contributed by atoms with van der Waals surface area (Å²) in [6.45, 7) is 0. The first-order chi connectivity index (χ1) is 7.70. The Kier molecular flexibility index (Phi) is 2.97. The fraction of sp³-hybridized carbons (Fsp3) is 0.0833. The van der Waals surface area contributed by atoms with E-state index in [-0.39, 0.29) is 5.75 Å². The lowest BCUT2D eigenvalue weighted by molar-refractivity contribution is 0.398. The van der Waals surface area contributed by atoms with Crippen molar-refractivity contribution in [2.24, 2.45) is 0 Å². The summed E-state index contributed by atoms with van der Waals surface area (Å²) in [4.78, 5) is 4.09. The molecule has 4 heteroatoms. The first-order valence-electron chi connectivity index (χ1n) is 4.69. The fourth-order valence-corrected chi connectivity index (χ4v) is 1.48. The van der Waals surface area contributed by atoms with Crippen LogP contribution in [0.15, 0.2) is 36.5 Å². The highest BCUT2D eigenvalue weighted by Gasteiger charge is 2.03. The minimum Gasteiger partial charge on any atom is -0.506 e. The molecule has 0 fully saturated rings. The monoisotopic (exact) mass is 235 g/mol. The zero-order valence-electron chi connectivity index (χ0n) is 8.64. The number of pyridine rings is 1. The molecule has 0 atom stereocenters. The van der Waals surface area contributed by atoms with Crippen molar-refractivity contribution in [2.45, 2.75) is 0 Å². The van der Waals surface area contributed by atoms with E-state index in [1.165, 1.54) is 0 Å². The predicted octanol–water partition coefficient (Wildman–Crippen LogP) is 3.12. The molecule has 3 nitrogen and oxygen atoms in total. The third-order valence-corrected chi connectivity index (χ3v) is 2.54. The zero-order chi connectivity index (χ0) is 11.5. The van der Waals surface area contributed by atoms with Gasteiger partial charge in [0.2, 0.25) is 5.88 Å². The van der Waals surface area contributed by atoms with E-state index in [1.807, 2.05) is 12.1 Å². The van der Waals surface area contributed by atoms with Crippen LogP contribution >= 0.6 is 11.6 Å². The molecular weight excluding hydrogens is 226 g/mol. The van der Waals surface area contributed by atoms with Crippen molar-refractivity contribution in [3.63, 3.8) is 0 Å². The standard InChI is InChI=1S/C12H10ClNO2/c1-16-12-5-3-9(7-14-12)8-2-4-10(13)11(15)6-8/h2-7,15H,1H3. The van der Waals surface area contributed by atoms with E-state index in [0.717, 1.165) is 11.1 Å². The predicted molar refractivity (Wildman–Crippen MR) is 62.9 cm³/mol. The van der Waals surface area contributed by atoms with Gasteiger partial charge in [0.15, 0.2) is 0 Å². The Labute approximate surface area is 98.3 Å². The van der Waals surface area contributed by atoms with E-state index >= 15 is 0 Å². The highest BCUT2D eigenvalue weighted by molar-refractivity contribution is 6.32. The van der Waals surface area contributed by atoms with Crippen molar-refractivity contribution in [1.29, 1.82) is 0 Å². The molecule has 2 rings (SSSR count). The smallest absolute Gasteiger partial charge is 0.212 e. The lowest BCUT2D eigenvalue weighted by atomic mass is 10.1. The number of methoxy groups -OCH3 is 1. The first-order valence-corrected chi connectivity index (χ1v) is 5.07. The van der Waals surface area contributed by atoms with E-state index < -0.39 is 0 Å². The van der Waals surface area contributed by atoms with Crippen molar-refractivity contribution in [3.8, 4) is 22.8 Å². The minimum absolute atomic E-state index is 0.0648. The average molecular weight is 236 g/mol. The van der Waals surface area contributed by atoms with Crippen LogP contribution in [-0.2, 0) is 0 Å². The van der Waals surface area contributed by atoms with Gasteiger partial charge in [0.25, 0.3) is 0 Å². The highest BCUT2D eigenvalue weighted by Crippen LogP contribution is 2.29. The van der Waals surface area contributed by atoms with E-state index in [0.29, 0.717) is 10.9 Å². The Morgan fingerprint density at radius 2 is 1.94 bits per heavy atom. The van der Waals surface area contributed by atoms with Gasteiger partial charge in [-0.1, -0.05) is 17.7 Å². The van der Waals surface area contributed by atoms with Crippen LogP contribution in [0.2, 0.25) is 5.02 Å². The molecule has 1 aromatic heterocycles. The maximum atomic E-state index is 9.49. The summed E-state index contributed by atoms with van der Waals surface area (Å²) in [6.07, 6.45) is 1.68. The van der Waals surface area contributed by atoms with Gasteiger partial charge in [-0.2, -0.15) is 0 Å². The van der Waals surface area contributed by atoms with E-state index in [2.05, 4.69) is 4.98 Å². The maximum absolute atomic E-state index is 9.49. The fourth-order valence-electron chi connectivity index (χ4n) is 1.36. The van der Waals surface area contributed by atoms with Crippen molar-refractivity contribution >= 4 is 11.6 Å². The molecule has 0 unspecified atom stereocenters. The number of hydrogen-bond donors (Lipinski definition) is 1. The van der Waals surface area contributed by atoms with Gasteiger partial charge < -0.3 is 9.84 Å². The quantitative estimate of drug-likeness (QED) is 0.870. The Morgan fingerprint density at radius 1 is 1.19 bits per heavy atom. The lowest BCUT2D eigenvalue weighted by Crippen LogP contribution is -1.87. The summed E-state index contributed by atoms with van der Waals surface area (Å²) in [6, 6.07) is 8.71. The number of ether oxygens (including phenoxy) is 1. The van der Waals surface area contributed by atoms with Gasteiger partial charge in [0.05, 0.1) is 12.1 Å². The second-order valence-electron chi connectivity index (χ2n) is 3.26. The third kappa shape index (κ3) is 2.09. The third-order valence-electron chi connectivity index (χ3n) is 2.22. The Hall–Kier alpha value is -1.74. The molecule has 2 aromatic rings. The van der Waals surface area contributed by atoms with Crippen LogP contribution in [0.1, 0.15) is 0 Å². The molecule has 0 saturated heterocycles. The summed E-state index contributed by atoms with van der Waals surface area (Å²) in [7, 11) is 1.57. The summed E-state index contributed by atoms with van der Waals surface area (Å²) in [5, 5.41) is 9.82. The molecule has 1 aromatic carbocycles. The molecular formula is C12H10ClNO2. The number of phenolic OH excluding ortho intramolecular Hbond substituents is 1. The van der Waals surface area contributed by atoms with Crippen LogP contribution in [-0.4, -0.2) is 17.2 Å². The second-order valence-corrected chi connectivity index (χ2v) is 3.66. The number of hydrogen-bond acceptors (Lipinski definition) is 3. The number of phenols is 1. The molecule has 0 amide bonds. The number of aromatic hydroxyl groups is 1. The zero-order valence-corrected chi connectivity index (χ0v) is 9.40. The van der Waals surface area contributed by atoms with Crippen LogP contribution in [0.3, 0.4) is 0 Å². The molecule has 0 bridgehead atoms. The number of nitrogens with zero attached hydrogens (tertiary/aromatic N) is 1. The van der Waals surface area contributed by atoms with E-state index in [9.17, 15) is 5.11 Å². The summed E-state index contributed by atoms with van der Waals surface area (Å²) in [5.41, 5.74) is 1.75. The van der Waals surface area contributed by atoms with Gasteiger partial charge in [0.1, 0.15) is 5.75 Å². The molecule has 0 spiro atoms. The number of rotatable bonds is 2. The van der Waals surface area contributed by atoms with Crippen LogP contribution in [0, 0.1) is 0 Å². The van der Waals surface area contributed by atoms with Gasteiger partial charge in [-0.15, -0.1) is 0 Å². The van der Waals surface area contributed by atoms with Crippen molar-refractivity contribution in [1.82, 2.24) is 4.98 Å². The average Bonchev–Trinajstić information content (AvgIpc) is 2.33. The number of halogens is 1. The van der Waals surface area contributed by atoms with Gasteiger partial charge in [0, 0.05) is 17.8 Å². The normalized spacial score (nSPS) is 10.1.